The van der Waals surface area contributed by atoms with Crippen molar-refractivity contribution in [2.45, 2.75) is 24.7 Å². The van der Waals surface area contributed by atoms with E-state index >= 15 is 0 Å². The van der Waals surface area contributed by atoms with Crippen LogP contribution in [-0.4, -0.2) is 41.9 Å². The van der Waals surface area contributed by atoms with E-state index in [-0.39, 0.29) is 18.0 Å². The number of rotatable bonds is 7. The van der Waals surface area contributed by atoms with Crippen LogP contribution in [0.4, 0.5) is 25.0 Å². The summed E-state index contributed by atoms with van der Waals surface area (Å²) in [6, 6.07) is 18.5. The van der Waals surface area contributed by atoms with Crippen molar-refractivity contribution < 1.29 is 28.2 Å². The van der Waals surface area contributed by atoms with Crippen molar-refractivity contribution in [3.05, 3.63) is 96.6 Å². The lowest BCUT2D eigenvalue weighted by molar-refractivity contribution is -0.120. The van der Waals surface area contributed by atoms with Crippen molar-refractivity contribution in [3.8, 4) is 11.1 Å². The van der Waals surface area contributed by atoms with Gasteiger partial charge in [0, 0.05) is 11.8 Å². The SMILES string of the molecule is O=C(C[C@H]1C=C[C@@H](NC(=O)Nc2cc(F)ccc2F)[C@@H](CO)O1)Nc1ccc(-c2ccccc2)cc1. The molecule has 7 nitrogen and oxygen atoms in total. The zero-order valence-corrected chi connectivity index (χ0v) is 19.2. The highest BCUT2D eigenvalue weighted by atomic mass is 19.1. The molecule has 3 aromatic carbocycles. The molecule has 0 fully saturated rings. The number of halogens is 2. The molecule has 0 aromatic heterocycles. The first-order valence-corrected chi connectivity index (χ1v) is 11.3. The third-order valence-corrected chi connectivity index (χ3v) is 5.60. The van der Waals surface area contributed by atoms with Crippen molar-refractivity contribution in [1.29, 1.82) is 0 Å². The van der Waals surface area contributed by atoms with E-state index in [1.54, 1.807) is 12.2 Å². The number of hydrogen-bond donors (Lipinski definition) is 4. The number of urea groups is 1. The van der Waals surface area contributed by atoms with Gasteiger partial charge in [-0.1, -0.05) is 54.6 Å². The number of nitrogens with one attached hydrogen (secondary N) is 3. The Morgan fingerprint density at radius 2 is 1.61 bits per heavy atom. The molecule has 0 bridgehead atoms. The summed E-state index contributed by atoms with van der Waals surface area (Å²) < 4.78 is 32.8. The van der Waals surface area contributed by atoms with Gasteiger partial charge in [-0.05, 0) is 35.4 Å². The van der Waals surface area contributed by atoms with Crippen molar-refractivity contribution in [2.75, 3.05) is 17.2 Å². The second-order valence-corrected chi connectivity index (χ2v) is 8.22. The van der Waals surface area contributed by atoms with Crippen LogP contribution in [0.1, 0.15) is 6.42 Å². The van der Waals surface area contributed by atoms with Crippen LogP contribution in [0.2, 0.25) is 0 Å². The molecule has 4 N–H and O–H groups in total. The molecule has 0 radical (unpaired) electrons. The lowest BCUT2D eigenvalue weighted by Gasteiger charge is -2.31. The van der Waals surface area contributed by atoms with E-state index in [0.717, 1.165) is 29.3 Å². The van der Waals surface area contributed by atoms with Crippen molar-refractivity contribution in [1.82, 2.24) is 5.32 Å². The van der Waals surface area contributed by atoms with Crippen LogP contribution in [0, 0.1) is 11.6 Å². The first-order valence-electron chi connectivity index (χ1n) is 11.3. The Balaban J connectivity index is 1.30. The van der Waals surface area contributed by atoms with E-state index in [1.165, 1.54) is 0 Å². The number of benzene rings is 3. The number of carbonyl (C=O) groups excluding carboxylic acids is 2. The van der Waals surface area contributed by atoms with Crippen LogP contribution < -0.4 is 16.0 Å². The molecule has 4 rings (SSSR count). The standard InChI is InChI=1S/C27H25F2N3O4/c28-19-8-12-22(29)24(14-19)32-27(35)31-23-13-11-21(36-25(23)16-33)15-26(34)30-20-9-6-18(7-10-20)17-4-2-1-3-5-17/h1-14,21,23,25,33H,15-16H2,(H,30,34)(H2,31,32,35)/t21-,23-,25-/m1/s1. The average Bonchev–Trinajstić information content (AvgIpc) is 2.88. The topological polar surface area (TPSA) is 99.7 Å². The van der Waals surface area contributed by atoms with Gasteiger partial charge >= 0.3 is 6.03 Å². The van der Waals surface area contributed by atoms with Crippen molar-refractivity contribution in [2.24, 2.45) is 0 Å². The Hall–Kier alpha value is -4.08. The van der Waals surface area contributed by atoms with Crippen LogP contribution >= 0.6 is 0 Å². The van der Waals surface area contributed by atoms with Gasteiger partial charge < -0.3 is 25.8 Å². The zero-order valence-electron chi connectivity index (χ0n) is 19.2. The van der Waals surface area contributed by atoms with E-state index < -0.39 is 42.5 Å². The normalized spacial score (nSPS) is 18.9. The molecule has 3 amide bonds. The Morgan fingerprint density at radius 1 is 0.889 bits per heavy atom. The zero-order chi connectivity index (χ0) is 25.5. The van der Waals surface area contributed by atoms with Crippen LogP contribution in [0.15, 0.2) is 84.9 Å². The van der Waals surface area contributed by atoms with Gasteiger partial charge in [0.1, 0.15) is 17.7 Å². The largest absolute Gasteiger partial charge is 0.394 e. The minimum atomic E-state index is -0.832. The highest BCUT2D eigenvalue weighted by Crippen LogP contribution is 2.22. The van der Waals surface area contributed by atoms with Gasteiger partial charge in [-0.15, -0.1) is 0 Å². The third-order valence-electron chi connectivity index (χ3n) is 5.60. The molecule has 186 valence electrons. The van der Waals surface area contributed by atoms with Gasteiger partial charge in [-0.3, -0.25) is 4.79 Å². The Labute approximate surface area is 206 Å². The molecular formula is C27H25F2N3O4. The van der Waals surface area contributed by atoms with Crippen LogP contribution in [0.25, 0.3) is 11.1 Å². The number of hydrogen-bond acceptors (Lipinski definition) is 4. The smallest absolute Gasteiger partial charge is 0.319 e. The molecule has 0 spiro atoms. The van der Waals surface area contributed by atoms with E-state index in [2.05, 4.69) is 16.0 Å². The minimum Gasteiger partial charge on any atom is -0.394 e. The maximum atomic E-state index is 13.8. The van der Waals surface area contributed by atoms with Gasteiger partial charge in [0.05, 0.1) is 30.9 Å². The summed E-state index contributed by atoms with van der Waals surface area (Å²) in [5.74, 6) is -1.77. The minimum absolute atomic E-state index is 0.000850. The van der Waals surface area contributed by atoms with Crippen LogP contribution in [0.3, 0.4) is 0 Å². The fraction of sp³-hybridized carbons (Fsp3) is 0.185. The molecule has 36 heavy (non-hydrogen) atoms. The number of ether oxygens (including phenoxy) is 1. The fourth-order valence-electron chi connectivity index (χ4n) is 3.81. The maximum Gasteiger partial charge on any atom is 0.319 e. The van der Waals surface area contributed by atoms with Gasteiger partial charge in [-0.2, -0.15) is 0 Å². The molecule has 0 aliphatic carbocycles. The average molecular weight is 494 g/mol. The summed E-state index contributed by atoms with van der Waals surface area (Å²) in [6.45, 7) is -0.428. The molecule has 3 atom stereocenters. The molecule has 0 saturated heterocycles. The summed E-state index contributed by atoms with van der Waals surface area (Å²) in [5, 5.41) is 17.3. The molecule has 0 unspecified atom stereocenters. The summed E-state index contributed by atoms with van der Waals surface area (Å²) in [7, 11) is 0. The molecule has 1 aliphatic heterocycles. The molecule has 9 heteroatoms. The number of amides is 3. The molecule has 0 saturated carbocycles. The van der Waals surface area contributed by atoms with E-state index in [0.29, 0.717) is 5.69 Å². The Kier molecular flexibility index (Phi) is 8.04. The molecule has 1 heterocycles. The van der Waals surface area contributed by atoms with Crippen LogP contribution in [0.5, 0.6) is 0 Å². The van der Waals surface area contributed by atoms with Gasteiger partial charge in [0.25, 0.3) is 0 Å². The fourth-order valence-corrected chi connectivity index (χ4v) is 3.81. The number of carbonyl (C=O) groups is 2. The van der Waals surface area contributed by atoms with E-state index in [4.69, 9.17) is 4.74 Å². The Bertz CT molecular complexity index is 1240. The number of anilines is 2. The molecule has 3 aromatic rings. The summed E-state index contributed by atoms with van der Waals surface area (Å²) in [6.07, 6.45) is 1.76. The molecule has 1 aliphatic rings. The predicted molar refractivity (Wildman–Crippen MR) is 132 cm³/mol. The van der Waals surface area contributed by atoms with Crippen LogP contribution in [-0.2, 0) is 9.53 Å². The van der Waals surface area contributed by atoms with Gasteiger partial charge in [0.15, 0.2) is 0 Å². The molecular weight excluding hydrogens is 468 g/mol. The lowest BCUT2D eigenvalue weighted by atomic mass is 10.0. The lowest BCUT2D eigenvalue weighted by Crippen LogP contribution is -2.50. The summed E-state index contributed by atoms with van der Waals surface area (Å²) in [5.41, 5.74) is 2.42. The highest BCUT2D eigenvalue weighted by molar-refractivity contribution is 5.91. The van der Waals surface area contributed by atoms with E-state index in [1.807, 2.05) is 54.6 Å². The summed E-state index contributed by atoms with van der Waals surface area (Å²) >= 11 is 0. The first kappa shape index (κ1) is 25.0. The number of aliphatic hydroxyl groups excluding tert-OH is 1. The first-order chi connectivity index (χ1) is 17.4. The van der Waals surface area contributed by atoms with Gasteiger partial charge in [0.2, 0.25) is 5.91 Å². The highest BCUT2D eigenvalue weighted by Gasteiger charge is 2.29. The maximum absolute atomic E-state index is 13.8. The second-order valence-electron chi connectivity index (χ2n) is 8.22. The van der Waals surface area contributed by atoms with Crippen molar-refractivity contribution in [3.63, 3.8) is 0 Å². The Morgan fingerprint density at radius 3 is 2.33 bits per heavy atom. The van der Waals surface area contributed by atoms with E-state index in [9.17, 15) is 23.5 Å². The summed E-state index contributed by atoms with van der Waals surface area (Å²) in [4.78, 5) is 24.8. The van der Waals surface area contributed by atoms with Gasteiger partial charge in [-0.25, -0.2) is 13.6 Å². The van der Waals surface area contributed by atoms with Crippen molar-refractivity contribution >= 4 is 23.3 Å². The predicted octanol–water partition coefficient (Wildman–Crippen LogP) is 4.47. The monoisotopic (exact) mass is 493 g/mol. The second kappa shape index (κ2) is 11.6. The quantitative estimate of drug-likeness (QED) is 0.365. The number of aliphatic hydroxyl groups is 1. The third kappa shape index (κ3) is 6.53.